The number of alkyl halides is 1. The van der Waals surface area contributed by atoms with Crippen molar-refractivity contribution in [3.63, 3.8) is 0 Å². The molecule has 2 heterocycles. The van der Waals surface area contributed by atoms with Crippen LogP contribution in [-0.4, -0.2) is 10.9 Å². The second-order valence-electron chi connectivity index (χ2n) is 3.29. The van der Waals surface area contributed by atoms with E-state index in [2.05, 4.69) is 10.3 Å². The number of carbonyl (C=O) groups is 1. The van der Waals surface area contributed by atoms with Crippen LogP contribution in [0.15, 0.2) is 10.8 Å². The number of aryl methyl sites for hydroxylation is 1. The predicted molar refractivity (Wildman–Crippen MR) is 73.7 cm³/mol. The van der Waals surface area contributed by atoms with E-state index in [9.17, 15) is 4.79 Å². The molecule has 0 radical (unpaired) electrons. The van der Waals surface area contributed by atoms with Crippen molar-refractivity contribution in [3.8, 4) is 0 Å². The topological polar surface area (TPSA) is 42.0 Å². The SMILES string of the molecule is Cc1csc(C(=O)Nc2nc(CCl)cs2)c1Cl. The van der Waals surface area contributed by atoms with Crippen molar-refractivity contribution in [1.29, 1.82) is 0 Å². The van der Waals surface area contributed by atoms with Gasteiger partial charge in [0.1, 0.15) is 4.88 Å². The first kappa shape index (κ1) is 12.8. The third-order valence-electron chi connectivity index (χ3n) is 2.01. The Morgan fingerprint density at radius 1 is 1.47 bits per heavy atom. The van der Waals surface area contributed by atoms with Crippen LogP contribution in [0.4, 0.5) is 5.13 Å². The number of nitrogens with zero attached hydrogens (tertiary/aromatic N) is 1. The number of aromatic nitrogens is 1. The molecule has 0 saturated carbocycles. The van der Waals surface area contributed by atoms with Gasteiger partial charge in [0.25, 0.3) is 5.91 Å². The molecule has 1 amide bonds. The Labute approximate surface area is 116 Å². The summed E-state index contributed by atoms with van der Waals surface area (Å²) >= 11 is 14.3. The van der Waals surface area contributed by atoms with Crippen molar-refractivity contribution in [3.05, 3.63) is 31.9 Å². The third kappa shape index (κ3) is 2.80. The second-order valence-corrected chi connectivity index (χ2v) is 5.68. The molecule has 0 aliphatic heterocycles. The van der Waals surface area contributed by atoms with Crippen molar-refractivity contribution in [2.75, 3.05) is 5.32 Å². The predicted octanol–water partition coefficient (Wildman–Crippen LogP) is 4.16. The van der Waals surface area contributed by atoms with Gasteiger partial charge < -0.3 is 0 Å². The molecule has 2 rings (SSSR count). The molecule has 0 fully saturated rings. The average Bonchev–Trinajstić information content (AvgIpc) is 2.88. The number of halogens is 2. The molecule has 2 aromatic heterocycles. The molecule has 0 atom stereocenters. The van der Waals surface area contributed by atoms with Crippen molar-refractivity contribution in [2.24, 2.45) is 0 Å². The van der Waals surface area contributed by atoms with E-state index in [1.54, 1.807) is 0 Å². The van der Waals surface area contributed by atoms with Gasteiger partial charge in [0.15, 0.2) is 5.13 Å². The van der Waals surface area contributed by atoms with Crippen molar-refractivity contribution in [1.82, 2.24) is 4.98 Å². The molecule has 0 aliphatic carbocycles. The molecule has 0 aliphatic rings. The monoisotopic (exact) mass is 306 g/mol. The number of thiophene rings is 1. The van der Waals surface area contributed by atoms with Gasteiger partial charge in [-0.2, -0.15) is 0 Å². The summed E-state index contributed by atoms with van der Waals surface area (Å²) in [6, 6.07) is 0. The molecule has 0 spiro atoms. The summed E-state index contributed by atoms with van der Waals surface area (Å²) in [5, 5.41) is 7.40. The fourth-order valence-corrected chi connectivity index (χ4v) is 3.27. The number of amides is 1. The van der Waals surface area contributed by atoms with E-state index < -0.39 is 0 Å². The molecule has 2 aromatic rings. The Balaban J connectivity index is 2.14. The van der Waals surface area contributed by atoms with E-state index in [1.807, 2.05) is 17.7 Å². The molecule has 0 saturated heterocycles. The van der Waals surface area contributed by atoms with E-state index in [0.717, 1.165) is 11.3 Å². The Hall–Kier alpha value is -0.620. The molecule has 3 nitrogen and oxygen atoms in total. The Morgan fingerprint density at radius 3 is 2.76 bits per heavy atom. The number of carbonyl (C=O) groups excluding carboxylic acids is 1. The largest absolute Gasteiger partial charge is 0.297 e. The highest BCUT2D eigenvalue weighted by molar-refractivity contribution is 7.14. The van der Waals surface area contributed by atoms with Gasteiger partial charge in [-0.25, -0.2) is 4.98 Å². The fourth-order valence-electron chi connectivity index (χ4n) is 1.16. The zero-order chi connectivity index (χ0) is 12.4. The highest BCUT2D eigenvalue weighted by Gasteiger charge is 2.15. The zero-order valence-electron chi connectivity index (χ0n) is 8.79. The molecule has 7 heteroatoms. The number of hydrogen-bond donors (Lipinski definition) is 1. The van der Waals surface area contributed by atoms with Crippen LogP contribution >= 0.6 is 45.9 Å². The summed E-state index contributed by atoms with van der Waals surface area (Å²) < 4.78 is 0. The van der Waals surface area contributed by atoms with Crippen LogP contribution in [0.25, 0.3) is 0 Å². The first-order valence-electron chi connectivity index (χ1n) is 4.67. The van der Waals surface area contributed by atoms with Crippen LogP contribution in [0.5, 0.6) is 0 Å². The van der Waals surface area contributed by atoms with Gasteiger partial charge in [0.2, 0.25) is 0 Å². The number of nitrogens with one attached hydrogen (secondary N) is 1. The third-order valence-corrected chi connectivity index (χ3v) is 4.79. The highest BCUT2D eigenvalue weighted by Crippen LogP contribution is 2.28. The Morgan fingerprint density at radius 2 is 2.24 bits per heavy atom. The van der Waals surface area contributed by atoms with Gasteiger partial charge in [-0.05, 0) is 17.9 Å². The van der Waals surface area contributed by atoms with E-state index in [-0.39, 0.29) is 5.91 Å². The van der Waals surface area contributed by atoms with Crippen molar-refractivity contribution >= 4 is 56.9 Å². The molecule has 90 valence electrons. The van der Waals surface area contributed by atoms with Crippen LogP contribution in [-0.2, 0) is 5.88 Å². The number of anilines is 1. The van der Waals surface area contributed by atoms with Gasteiger partial charge in [-0.15, -0.1) is 34.3 Å². The first-order valence-corrected chi connectivity index (χ1v) is 7.34. The molecule has 0 bridgehead atoms. The van der Waals surface area contributed by atoms with Gasteiger partial charge in [0, 0.05) is 5.38 Å². The van der Waals surface area contributed by atoms with Gasteiger partial charge in [-0.1, -0.05) is 11.6 Å². The van der Waals surface area contributed by atoms with Crippen molar-refractivity contribution < 1.29 is 4.79 Å². The first-order chi connectivity index (χ1) is 8.11. The summed E-state index contributed by atoms with van der Waals surface area (Å²) in [5.74, 6) is 0.106. The van der Waals surface area contributed by atoms with Crippen LogP contribution in [0.3, 0.4) is 0 Å². The minimum atomic E-state index is -0.233. The minimum Gasteiger partial charge on any atom is -0.297 e. The summed E-state index contributed by atoms with van der Waals surface area (Å²) in [5.41, 5.74) is 1.66. The zero-order valence-corrected chi connectivity index (χ0v) is 11.9. The van der Waals surface area contributed by atoms with Crippen LogP contribution in [0.2, 0.25) is 5.02 Å². The van der Waals surface area contributed by atoms with Crippen LogP contribution in [0.1, 0.15) is 20.9 Å². The number of rotatable bonds is 3. The highest BCUT2D eigenvalue weighted by atomic mass is 35.5. The van der Waals surface area contributed by atoms with E-state index in [0.29, 0.717) is 20.9 Å². The van der Waals surface area contributed by atoms with Crippen LogP contribution < -0.4 is 5.32 Å². The normalized spacial score (nSPS) is 10.5. The average molecular weight is 307 g/mol. The fraction of sp³-hybridized carbons (Fsp3) is 0.200. The number of thiazole rings is 1. The molecular weight excluding hydrogens is 299 g/mol. The van der Waals surface area contributed by atoms with E-state index >= 15 is 0 Å². The van der Waals surface area contributed by atoms with Gasteiger partial charge in [-0.3, -0.25) is 10.1 Å². The van der Waals surface area contributed by atoms with Gasteiger partial charge >= 0.3 is 0 Å². The lowest BCUT2D eigenvalue weighted by molar-refractivity contribution is 0.103. The van der Waals surface area contributed by atoms with E-state index in [4.69, 9.17) is 23.2 Å². The molecule has 0 aromatic carbocycles. The molecule has 1 N–H and O–H groups in total. The molecule has 17 heavy (non-hydrogen) atoms. The Kier molecular flexibility index (Phi) is 4.04. The Bertz CT molecular complexity index is 550. The molecular formula is C10H8Cl2N2OS2. The van der Waals surface area contributed by atoms with Gasteiger partial charge in [0.05, 0.1) is 16.6 Å². The lowest BCUT2D eigenvalue weighted by Crippen LogP contribution is -2.10. The quantitative estimate of drug-likeness (QED) is 0.865. The van der Waals surface area contributed by atoms with E-state index in [1.165, 1.54) is 22.7 Å². The maximum Gasteiger partial charge on any atom is 0.269 e. The second kappa shape index (κ2) is 5.35. The van der Waals surface area contributed by atoms with Crippen molar-refractivity contribution in [2.45, 2.75) is 12.8 Å². The lowest BCUT2D eigenvalue weighted by Gasteiger charge is -1.99. The summed E-state index contributed by atoms with van der Waals surface area (Å²) in [6.07, 6.45) is 0. The maximum absolute atomic E-state index is 11.9. The summed E-state index contributed by atoms with van der Waals surface area (Å²) in [6.45, 7) is 1.87. The minimum absolute atomic E-state index is 0.233. The lowest BCUT2D eigenvalue weighted by atomic mass is 10.3. The standard InChI is InChI=1S/C10H8Cl2N2OS2/c1-5-3-16-8(7(5)12)9(15)14-10-13-6(2-11)4-17-10/h3-4H,2H2,1H3,(H,13,14,15). The maximum atomic E-state index is 11.9. The summed E-state index contributed by atoms with van der Waals surface area (Å²) in [4.78, 5) is 16.5. The number of hydrogen-bond acceptors (Lipinski definition) is 4. The molecule has 0 unspecified atom stereocenters. The van der Waals surface area contributed by atoms with Crippen LogP contribution in [0, 0.1) is 6.92 Å². The smallest absolute Gasteiger partial charge is 0.269 e. The summed E-state index contributed by atoms with van der Waals surface area (Å²) in [7, 11) is 0.